The Bertz CT molecular complexity index is 816. The standard InChI is InChI=1S/C19H20F2N4O/c20-15-4-1-3-14(17(15)21)12-24-9-2-5-19(18(24)26)6-10-25(13-19)16-11-22-7-8-23-16/h1,3-4,7-8,11H,2,5-6,9-10,12-13H2/t19-/m0/s1. The zero-order valence-corrected chi connectivity index (χ0v) is 14.4. The maximum atomic E-state index is 14.0. The molecule has 0 aliphatic carbocycles. The Morgan fingerprint density at radius 1 is 1.15 bits per heavy atom. The SMILES string of the molecule is O=C1N(Cc2cccc(F)c2F)CCC[C@@]12CCN(c1cnccn1)C2. The molecule has 1 amide bonds. The summed E-state index contributed by atoms with van der Waals surface area (Å²) < 4.78 is 27.5. The number of rotatable bonds is 3. The summed E-state index contributed by atoms with van der Waals surface area (Å²) in [5.74, 6) is -0.951. The predicted octanol–water partition coefficient (Wildman–Crippen LogP) is 2.77. The van der Waals surface area contributed by atoms with E-state index in [4.69, 9.17) is 0 Å². The van der Waals surface area contributed by atoms with Gasteiger partial charge in [-0.15, -0.1) is 0 Å². The van der Waals surface area contributed by atoms with Gasteiger partial charge in [0.05, 0.1) is 11.6 Å². The lowest BCUT2D eigenvalue weighted by molar-refractivity contribution is -0.145. The third-order valence-electron chi connectivity index (χ3n) is 5.44. The Hall–Kier alpha value is -2.57. The molecule has 136 valence electrons. The molecule has 3 heterocycles. The molecular formula is C19H20F2N4O. The maximum absolute atomic E-state index is 14.0. The van der Waals surface area contributed by atoms with E-state index in [1.165, 1.54) is 12.1 Å². The van der Waals surface area contributed by atoms with Gasteiger partial charge in [0.25, 0.3) is 0 Å². The van der Waals surface area contributed by atoms with E-state index in [2.05, 4.69) is 14.9 Å². The van der Waals surface area contributed by atoms with E-state index < -0.39 is 17.0 Å². The minimum Gasteiger partial charge on any atom is -0.354 e. The quantitative estimate of drug-likeness (QED) is 0.847. The fourth-order valence-corrected chi connectivity index (χ4v) is 4.08. The first kappa shape index (κ1) is 16.9. The molecule has 1 atom stereocenters. The second-order valence-corrected chi connectivity index (χ2v) is 7.06. The minimum atomic E-state index is -0.878. The molecule has 2 fully saturated rings. The van der Waals surface area contributed by atoms with Crippen molar-refractivity contribution >= 4 is 11.7 Å². The van der Waals surface area contributed by atoms with Gasteiger partial charge in [0.1, 0.15) is 5.82 Å². The highest BCUT2D eigenvalue weighted by atomic mass is 19.2. The van der Waals surface area contributed by atoms with Crippen molar-refractivity contribution in [1.29, 1.82) is 0 Å². The van der Waals surface area contributed by atoms with Crippen LogP contribution in [-0.4, -0.2) is 40.4 Å². The van der Waals surface area contributed by atoms with Crippen LogP contribution in [0, 0.1) is 17.0 Å². The lowest BCUT2D eigenvalue weighted by Crippen LogP contribution is -2.49. The molecule has 0 bridgehead atoms. The molecule has 0 radical (unpaired) electrons. The summed E-state index contributed by atoms with van der Waals surface area (Å²) in [6.07, 6.45) is 7.37. The van der Waals surface area contributed by atoms with Gasteiger partial charge in [-0.25, -0.2) is 13.8 Å². The van der Waals surface area contributed by atoms with E-state index in [9.17, 15) is 13.6 Å². The summed E-state index contributed by atoms with van der Waals surface area (Å²) in [5, 5.41) is 0. The lowest BCUT2D eigenvalue weighted by atomic mass is 9.78. The first-order valence-electron chi connectivity index (χ1n) is 8.82. The molecule has 2 aliphatic heterocycles. The monoisotopic (exact) mass is 358 g/mol. The van der Waals surface area contributed by atoms with Crippen molar-refractivity contribution < 1.29 is 13.6 Å². The van der Waals surface area contributed by atoms with Crippen LogP contribution >= 0.6 is 0 Å². The summed E-state index contributed by atoms with van der Waals surface area (Å²) >= 11 is 0. The maximum Gasteiger partial charge on any atom is 0.230 e. The van der Waals surface area contributed by atoms with Crippen LogP contribution in [0.4, 0.5) is 14.6 Å². The molecule has 2 aromatic rings. The third kappa shape index (κ3) is 2.91. The molecule has 0 unspecified atom stereocenters. The van der Waals surface area contributed by atoms with Crippen LogP contribution in [-0.2, 0) is 11.3 Å². The molecule has 2 aliphatic rings. The lowest BCUT2D eigenvalue weighted by Gasteiger charge is -2.39. The first-order valence-corrected chi connectivity index (χ1v) is 8.82. The molecule has 26 heavy (non-hydrogen) atoms. The van der Waals surface area contributed by atoms with E-state index in [-0.39, 0.29) is 18.0 Å². The Labute approximate surface area is 150 Å². The number of halogens is 2. The van der Waals surface area contributed by atoms with E-state index in [0.717, 1.165) is 37.7 Å². The van der Waals surface area contributed by atoms with Crippen LogP contribution in [0.15, 0.2) is 36.8 Å². The summed E-state index contributed by atoms with van der Waals surface area (Å²) in [7, 11) is 0. The van der Waals surface area contributed by atoms with Crippen molar-refractivity contribution in [3.8, 4) is 0 Å². The largest absolute Gasteiger partial charge is 0.354 e. The fourth-order valence-electron chi connectivity index (χ4n) is 4.08. The zero-order valence-electron chi connectivity index (χ0n) is 14.4. The highest BCUT2D eigenvalue weighted by Crippen LogP contribution is 2.41. The van der Waals surface area contributed by atoms with Crippen LogP contribution in [0.5, 0.6) is 0 Å². The van der Waals surface area contributed by atoms with Crippen LogP contribution in [0.25, 0.3) is 0 Å². The fraction of sp³-hybridized carbons (Fsp3) is 0.421. The summed E-state index contributed by atoms with van der Waals surface area (Å²) in [4.78, 5) is 25.3. The van der Waals surface area contributed by atoms with E-state index >= 15 is 0 Å². The molecular weight excluding hydrogens is 338 g/mol. The van der Waals surface area contributed by atoms with Gasteiger partial charge in [-0.3, -0.25) is 9.78 Å². The van der Waals surface area contributed by atoms with Gasteiger partial charge >= 0.3 is 0 Å². The normalized spacial score (nSPS) is 23.1. The molecule has 7 heteroatoms. The number of hydrogen-bond acceptors (Lipinski definition) is 4. The van der Waals surface area contributed by atoms with Gasteiger partial charge in [-0.05, 0) is 25.3 Å². The van der Waals surface area contributed by atoms with Gasteiger partial charge in [-0.1, -0.05) is 12.1 Å². The average Bonchev–Trinajstić information content (AvgIpc) is 3.09. The molecule has 5 nitrogen and oxygen atoms in total. The number of hydrogen-bond donors (Lipinski definition) is 0. The Morgan fingerprint density at radius 2 is 2.04 bits per heavy atom. The molecule has 0 saturated carbocycles. The van der Waals surface area contributed by atoms with Gasteiger partial charge in [-0.2, -0.15) is 0 Å². The number of benzene rings is 1. The number of likely N-dealkylation sites (tertiary alicyclic amines) is 1. The third-order valence-corrected chi connectivity index (χ3v) is 5.44. The van der Waals surface area contributed by atoms with Gasteiger partial charge in [0.2, 0.25) is 5.91 Å². The van der Waals surface area contributed by atoms with E-state index in [1.54, 1.807) is 23.5 Å². The van der Waals surface area contributed by atoms with Crippen LogP contribution in [0.3, 0.4) is 0 Å². The summed E-state index contributed by atoms with van der Waals surface area (Å²) in [5.41, 5.74) is -0.251. The van der Waals surface area contributed by atoms with Crippen LogP contribution < -0.4 is 4.90 Å². The number of aromatic nitrogens is 2. The highest BCUT2D eigenvalue weighted by Gasteiger charge is 2.48. The Kier molecular flexibility index (Phi) is 4.30. The molecule has 2 saturated heterocycles. The zero-order chi connectivity index (χ0) is 18.1. The Balaban J connectivity index is 1.52. The van der Waals surface area contributed by atoms with Gasteiger partial charge < -0.3 is 9.80 Å². The summed E-state index contributed by atoms with van der Waals surface area (Å²) in [6, 6.07) is 4.10. The van der Waals surface area contributed by atoms with Gasteiger partial charge in [0.15, 0.2) is 11.6 Å². The molecule has 1 spiro atoms. The molecule has 0 N–H and O–H groups in total. The van der Waals surface area contributed by atoms with Crippen LogP contribution in [0.2, 0.25) is 0 Å². The van der Waals surface area contributed by atoms with Crippen molar-refractivity contribution in [1.82, 2.24) is 14.9 Å². The topological polar surface area (TPSA) is 49.3 Å². The molecule has 4 rings (SSSR count). The van der Waals surface area contributed by atoms with E-state index in [0.29, 0.717) is 13.1 Å². The van der Waals surface area contributed by atoms with E-state index in [1.807, 2.05) is 0 Å². The second-order valence-electron chi connectivity index (χ2n) is 7.06. The smallest absolute Gasteiger partial charge is 0.230 e. The van der Waals surface area contributed by atoms with Crippen molar-refractivity contribution in [2.75, 3.05) is 24.5 Å². The van der Waals surface area contributed by atoms with Crippen molar-refractivity contribution in [3.05, 3.63) is 54.0 Å². The second kappa shape index (κ2) is 6.63. The van der Waals surface area contributed by atoms with Crippen molar-refractivity contribution in [2.45, 2.75) is 25.8 Å². The molecule has 1 aromatic heterocycles. The van der Waals surface area contributed by atoms with Crippen LogP contribution in [0.1, 0.15) is 24.8 Å². The summed E-state index contributed by atoms with van der Waals surface area (Å²) in [6.45, 7) is 2.01. The first-order chi connectivity index (χ1) is 12.6. The predicted molar refractivity (Wildman–Crippen MR) is 92.3 cm³/mol. The average molecular weight is 358 g/mol. The number of amides is 1. The number of nitrogens with zero attached hydrogens (tertiary/aromatic N) is 4. The van der Waals surface area contributed by atoms with Crippen molar-refractivity contribution in [3.63, 3.8) is 0 Å². The number of carbonyl (C=O) groups is 1. The van der Waals surface area contributed by atoms with Crippen molar-refractivity contribution in [2.24, 2.45) is 5.41 Å². The number of anilines is 1. The Morgan fingerprint density at radius 3 is 2.85 bits per heavy atom. The minimum absolute atomic E-state index is 0.0267. The van der Waals surface area contributed by atoms with Gasteiger partial charge in [0, 0.05) is 44.1 Å². The highest BCUT2D eigenvalue weighted by molar-refractivity contribution is 5.85. The number of piperidine rings is 1. The number of carbonyl (C=O) groups excluding carboxylic acids is 1. The molecule has 1 aromatic carbocycles.